The van der Waals surface area contributed by atoms with Crippen molar-refractivity contribution in [3.63, 3.8) is 0 Å². The summed E-state index contributed by atoms with van der Waals surface area (Å²) in [5.74, 6) is 0.680. The second kappa shape index (κ2) is 14.6. The molecular formula is C28H35NO7S. The first-order valence-corrected chi connectivity index (χ1v) is 13.4. The predicted octanol–water partition coefficient (Wildman–Crippen LogP) is 3.78. The number of ether oxygens (including phenoxy) is 1. The number of aliphatic hydroxyl groups is 2. The maximum Gasteiger partial charge on any atom is 0.294 e. The van der Waals surface area contributed by atoms with Crippen LogP contribution in [0.25, 0.3) is 0 Å². The average Bonchev–Trinajstić information content (AvgIpc) is 2.87. The second-order valence-corrected chi connectivity index (χ2v) is 10.2. The van der Waals surface area contributed by atoms with Gasteiger partial charge in [-0.2, -0.15) is 8.42 Å². The molecule has 0 spiro atoms. The molecule has 0 heterocycles. The molecule has 0 unspecified atom stereocenters. The van der Waals surface area contributed by atoms with Crippen LogP contribution in [0.1, 0.15) is 47.2 Å². The van der Waals surface area contributed by atoms with Gasteiger partial charge in [-0.3, -0.25) is 9.35 Å². The van der Waals surface area contributed by atoms with E-state index in [9.17, 15) is 13.2 Å². The molecule has 8 nitrogen and oxygen atoms in total. The van der Waals surface area contributed by atoms with Crippen LogP contribution in [0, 0.1) is 6.92 Å². The molecule has 0 saturated carbocycles. The lowest BCUT2D eigenvalue weighted by molar-refractivity contribution is 0.103. The van der Waals surface area contributed by atoms with Crippen molar-refractivity contribution in [3.8, 4) is 5.75 Å². The molecule has 3 rings (SSSR count). The van der Waals surface area contributed by atoms with E-state index in [1.807, 2.05) is 25.1 Å². The maximum absolute atomic E-state index is 12.4. The van der Waals surface area contributed by atoms with E-state index in [2.05, 4.69) is 0 Å². The molecule has 9 heteroatoms. The Bertz CT molecular complexity index is 1190. The average molecular weight is 530 g/mol. The Kier molecular flexibility index (Phi) is 11.9. The summed E-state index contributed by atoms with van der Waals surface area (Å²) in [6, 6.07) is 22.2. The number of ketones is 1. The highest BCUT2D eigenvalue weighted by molar-refractivity contribution is 7.85. The molecule has 3 aromatic rings. The van der Waals surface area contributed by atoms with Gasteiger partial charge in [-0.1, -0.05) is 48.0 Å². The fraction of sp³-hybridized carbons (Fsp3) is 0.321. The van der Waals surface area contributed by atoms with Crippen LogP contribution in [-0.2, 0) is 10.1 Å². The molecule has 0 amide bonds. The van der Waals surface area contributed by atoms with Gasteiger partial charge in [0.2, 0.25) is 0 Å². The highest BCUT2D eigenvalue weighted by atomic mass is 32.2. The van der Waals surface area contributed by atoms with Crippen molar-refractivity contribution in [2.75, 3.05) is 19.8 Å². The van der Waals surface area contributed by atoms with E-state index in [4.69, 9.17) is 25.2 Å². The van der Waals surface area contributed by atoms with Gasteiger partial charge in [0.15, 0.2) is 5.78 Å². The number of carbonyl (C=O) groups excluding carboxylic acids is 1. The van der Waals surface area contributed by atoms with Crippen LogP contribution in [0.3, 0.4) is 0 Å². The highest BCUT2D eigenvalue weighted by Gasteiger charge is 2.23. The Morgan fingerprint density at radius 3 is 1.89 bits per heavy atom. The van der Waals surface area contributed by atoms with Gasteiger partial charge < -0.3 is 20.7 Å². The normalized spacial score (nSPS) is 11.4. The number of aliphatic hydroxyl groups excluding tert-OH is 2. The molecule has 0 atom stereocenters. The smallest absolute Gasteiger partial charge is 0.294 e. The van der Waals surface area contributed by atoms with E-state index in [1.54, 1.807) is 48.5 Å². The number of hydrogen-bond donors (Lipinski definition) is 4. The van der Waals surface area contributed by atoms with Crippen molar-refractivity contribution >= 4 is 15.9 Å². The van der Waals surface area contributed by atoms with Crippen LogP contribution >= 0.6 is 0 Å². The van der Waals surface area contributed by atoms with Crippen molar-refractivity contribution in [2.24, 2.45) is 5.73 Å². The van der Waals surface area contributed by atoms with Gasteiger partial charge in [0, 0.05) is 29.9 Å². The summed E-state index contributed by atoms with van der Waals surface area (Å²) in [5, 5.41) is 18.2. The number of benzene rings is 3. The van der Waals surface area contributed by atoms with Crippen LogP contribution < -0.4 is 10.5 Å². The van der Waals surface area contributed by atoms with Gasteiger partial charge >= 0.3 is 0 Å². The van der Waals surface area contributed by atoms with Crippen molar-refractivity contribution in [1.82, 2.24) is 0 Å². The summed E-state index contributed by atoms with van der Waals surface area (Å²) in [4.78, 5) is 12.3. The van der Waals surface area contributed by atoms with E-state index < -0.39 is 15.7 Å². The zero-order valence-corrected chi connectivity index (χ0v) is 21.7. The molecule has 0 saturated heterocycles. The zero-order valence-electron chi connectivity index (χ0n) is 20.9. The van der Waals surface area contributed by atoms with Crippen LogP contribution in [0.5, 0.6) is 5.75 Å². The lowest BCUT2D eigenvalue weighted by Crippen LogP contribution is -2.42. The zero-order chi connectivity index (χ0) is 27.3. The third-order valence-corrected chi connectivity index (χ3v) is 6.65. The minimum Gasteiger partial charge on any atom is -0.494 e. The van der Waals surface area contributed by atoms with Crippen LogP contribution in [-0.4, -0.2) is 54.3 Å². The van der Waals surface area contributed by atoms with Gasteiger partial charge in [-0.05, 0) is 69.0 Å². The third kappa shape index (κ3) is 10.4. The number of nitrogens with two attached hydrogens (primary N) is 1. The fourth-order valence-electron chi connectivity index (χ4n) is 3.60. The second-order valence-electron chi connectivity index (χ2n) is 8.77. The van der Waals surface area contributed by atoms with E-state index in [0.29, 0.717) is 42.7 Å². The van der Waals surface area contributed by atoms with Crippen LogP contribution in [0.15, 0.2) is 83.8 Å². The molecule has 0 bridgehead atoms. The number of hydrogen-bond acceptors (Lipinski definition) is 7. The Balaban J connectivity index is 0.000000364. The van der Waals surface area contributed by atoms with Crippen molar-refractivity contribution in [3.05, 3.63) is 95.6 Å². The number of rotatable bonds is 12. The highest BCUT2D eigenvalue weighted by Crippen LogP contribution is 2.20. The maximum atomic E-state index is 12.4. The minimum atomic E-state index is -4.02. The van der Waals surface area contributed by atoms with Crippen molar-refractivity contribution in [1.29, 1.82) is 0 Å². The SMILES string of the molecule is Cc1ccc(S(=O)(=O)O)cc1.NC(CCO)(CCO)CCCOc1ccc(C(=O)c2ccccc2)cc1. The number of aryl methyl sites for hydroxylation is 1. The monoisotopic (exact) mass is 529 g/mol. The summed E-state index contributed by atoms with van der Waals surface area (Å²) in [7, 11) is -4.02. The van der Waals surface area contributed by atoms with Gasteiger partial charge in [-0.15, -0.1) is 0 Å². The molecule has 200 valence electrons. The summed E-state index contributed by atoms with van der Waals surface area (Å²) in [6.07, 6.45) is 2.31. The lowest BCUT2D eigenvalue weighted by Gasteiger charge is -2.28. The Morgan fingerprint density at radius 2 is 1.38 bits per heavy atom. The quantitative estimate of drug-likeness (QED) is 0.157. The minimum absolute atomic E-state index is 0.00820. The first-order chi connectivity index (χ1) is 17.6. The molecular weight excluding hydrogens is 494 g/mol. The first-order valence-electron chi connectivity index (χ1n) is 12.0. The molecule has 5 N–H and O–H groups in total. The Morgan fingerprint density at radius 1 is 0.838 bits per heavy atom. The predicted molar refractivity (Wildman–Crippen MR) is 142 cm³/mol. The third-order valence-electron chi connectivity index (χ3n) is 5.78. The topological polar surface area (TPSA) is 147 Å². The van der Waals surface area contributed by atoms with Crippen molar-refractivity contribution in [2.45, 2.75) is 43.0 Å². The van der Waals surface area contributed by atoms with Gasteiger partial charge in [0.1, 0.15) is 5.75 Å². The summed E-state index contributed by atoms with van der Waals surface area (Å²) in [6.45, 7) is 2.35. The molecule has 0 aliphatic carbocycles. The Labute approximate surface area is 218 Å². The van der Waals surface area contributed by atoms with E-state index in [-0.39, 0.29) is 23.9 Å². The van der Waals surface area contributed by atoms with Gasteiger partial charge in [-0.25, -0.2) is 0 Å². The molecule has 37 heavy (non-hydrogen) atoms. The molecule has 0 radical (unpaired) electrons. The standard InChI is InChI=1S/C21H27NO4.C7H8O3S/c22-21(12-14-23,13-15-24)11-4-16-26-19-9-7-18(8-10-19)20(25)17-5-2-1-3-6-17;1-6-2-4-7(5-3-6)11(8,9)10/h1-3,5-10,23-24H,4,11-16,22H2;2-5H,1H3,(H,8,9,10). The van der Waals surface area contributed by atoms with Gasteiger partial charge in [0.05, 0.1) is 11.5 Å². The summed E-state index contributed by atoms with van der Waals surface area (Å²) in [5.41, 5.74) is 7.87. The van der Waals surface area contributed by atoms with Gasteiger partial charge in [0.25, 0.3) is 10.1 Å². The summed E-state index contributed by atoms with van der Waals surface area (Å²) >= 11 is 0. The van der Waals surface area contributed by atoms with E-state index >= 15 is 0 Å². The lowest BCUT2D eigenvalue weighted by atomic mass is 9.88. The largest absolute Gasteiger partial charge is 0.494 e. The molecule has 3 aromatic carbocycles. The van der Waals surface area contributed by atoms with Crippen LogP contribution in [0.4, 0.5) is 0 Å². The fourth-order valence-corrected chi connectivity index (χ4v) is 4.08. The van der Waals surface area contributed by atoms with E-state index in [1.165, 1.54) is 12.1 Å². The first kappa shape index (κ1) is 30.1. The van der Waals surface area contributed by atoms with Crippen LogP contribution in [0.2, 0.25) is 0 Å². The molecule has 0 fully saturated rings. The molecule has 0 aromatic heterocycles. The summed E-state index contributed by atoms with van der Waals surface area (Å²) < 4.78 is 35.3. The molecule has 0 aliphatic rings. The Hall–Kier alpha value is -3.08. The molecule has 0 aliphatic heterocycles. The van der Waals surface area contributed by atoms with E-state index in [0.717, 1.165) is 12.0 Å². The van der Waals surface area contributed by atoms with Crippen molar-refractivity contribution < 1.29 is 32.7 Å². The number of carbonyl (C=O) groups is 1.